The molecule has 0 bridgehead atoms. The van der Waals surface area contributed by atoms with Gasteiger partial charge in [0.2, 0.25) is 10.0 Å². The molecule has 1 amide bonds. The highest BCUT2D eigenvalue weighted by molar-refractivity contribution is 7.89. The number of sulfonamides is 1. The van der Waals surface area contributed by atoms with Crippen molar-refractivity contribution in [3.63, 3.8) is 0 Å². The molecule has 0 aliphatic rings. The predicted molar refractivity (Wildman–Crippen MR) is 68.2 cm³/mol. The van der Waals surface area contributed by atoms with Crippen LogP contribution >= 0.6 is 0 Å². The van der Waals surface area contributed by atoms with E-state index in [1.165, 1.54) is 29.2 Å². The van der Waals surface area contributed by atoms with E-state index in [1.807, 2.05) is 6.92 Å². The lowest BCUT2D eigenvalue weighted by Crippen LogP contribution is -2.31. The number of carbonyl (C=O) groups excluding carboxylic acids is 1. The number of nitrogens with two attached hydrogens (primary N) is 1. The topological polar surface area (TPSA) is 80.5 Å². The molecule has 2 N–H and O–H groups in total. The number of amides is 1. The zero-order valence-corrected chi connectivity index (χ0v) is 10.8. The fourth-order valence-corrected chi connectivity index (χ4v) is 1.92. The van der Waals surface area contributed by atoms with E-state index in [2.05, 4.69) is 5.92 Å². The number of nitrogens with zero attached hydrogens (tertiary/aromatic N) is 1. The van der Waals surface area contributed by atoms with Crippen molar-refractivity contribution in [1.82, 2.24) is 4.90 Å². The number of rotatable bonds is 4. The lowest BCUT2D eigenvalue weighted by molar-refractivity contribution is 0.0785. The number of primary sulfonamides is 1. The van der Waals surface area contributed by atoms with E-state index < -0.39 is 10.0 Å². The third-order valence-electron chi connectivity index (χ3n) is 2.38. The molecule has 0 atom stereocenters. The molecule has 0 aliphatic heterocycles. The summed E-state index contributed by atoms with van der Waals surface area (Å²) in [5.41, 5.74) is 0.375. The molecule has 96 valence electrons. The van der Waals surface area contributed by atoms with Crippen LogP contribution in [0.2, 0.25) is 0 Å². The summed E-state index contributed by atoms with van der Waals surface area (Å²) in [6.45, 7) is 2.51. The SMILES string of the molecule is C#CCN(CC)C(=O)c1ccc(S(N)(=O)=O)cc1. The van der Waals surface area contributed by atoms with Gasteiger partial charge in [-0.05, 0) is 31.2 Å². The van der Waals surface area contributed by atoms with Gasteiger partial charge in [0.05, 0.1) is 11.4 Å². The molecule has 0 heterocycles. The highest BCUT2D eigenvalue weighted by Gasteiger charge is 2.14. The second-order valence-corrected chi connectivity index (χ2v) is 5.15. The molecule has 0 aliphatic carbocycles. The monoisotopic (exact) mass is 266 g/mol. The molecule has 0 aromatic heterocycles. The van der Waals surface area contributed by atoms with Crippen LogP contribution in [0.25, 0.3) is 0 Å². The molecule has 1 aromatic carbocycles. The van der Waals surface area contributed by atoms with Crippen LogP contribution in [0.3, 0.4) is 0 Å². The maximum atomic E-state index is 12.0. The van der Waals surface area contributed by atoms with Crippen molar-refractivity contribution >= 4 is 15.9 Å². The largest absolute Gasteiger partial charge is 0.328 e. The lowest BCUT2D eigenvalue weighted by Gasteiger charge is -2.17. The molecule has 0 spiro atoms. The van der Waals surface area contributed by atoms with Crippen LogP contribution in [0.15, 0.2) is 29.2 Å². The van der Waals surface area contributed by atoms with Crippen LogP contribution in [-0.2, 0) is 10.0 Å². The Labute approximate surface area is 107 Å². The van der Waals surface area contributed by atoms with E-state index in [0.29, 0.717) is 12.1 Å². The van der Waals surface area contributed by atoms with Gasteiger partial charge in [-0.1, -0.05) is 5.92 Å². The van der Waals surface area contributed by atoms with Crippen molar-refractivity contribution in [2.24, 2.45) is 5.14 Å². The Morgan fingerprint density at radius 1 is 1.39 bits per heavy atom. The van der Waals surface area contributed by atoms with Crippen molar-refractivity contribution in [2.45, 2.75) is 11.8 Å². The molecular weight excluding hydrogens is 252 g/mol. The first-order valence-corrected chi connectivity index (χ1v) is 6.80. The number of carbonyl (C=O) groups is 1. The van der Waals surface area contributed by atoms with Gasteiger partial charge in [0.1, 0.15) is 0 Å². The van der Waals surface area contributed by atoms with E-state index in [9.17, 15) is 13.2 Å². The van der Waals surface area contributed by atoms with Gasteiger partial charge in [-0.15, -0.1) is 6.42 Å². The Balaban J connectivity index is 2.99. The minimum Gasteiger partial charge on any atom is -0.328 e. The van der Waals surface area contributed by atoms with Crippen molar-refractivity contribution in [3.05, 3.63) is 29.8 Å². The summed E-state index contributed by atoms with van der Waals surface area (Å²) in [5, 5.41) is 4.97. The van der Waals surface area contributed by atoms with Gasteiger partial charge >= 0.3 is 0 Å². The van der Waals surface area contributed by atoms with Crippen LogP contribution in [0, 0.1) is 12.3 Å². The molecular formula is C12H14N2O3S. The Kier molecular flexibility index (Phi) is 4.48. The Bertz CT molecular complexity index is 570. The normalized spacial score (nSPS) is 10.7. The zero-order valence-electron chi connectivity index (χ0n) is 9.96. The summed E-state index contributed by atoms with van der Waals surface area (Å²) in [4.78, 5) is 13.4. The first-order chi connectivity index (χ1) is 8.40. The quantitative estimate of drug-likeness (QED) is 0.802. The van der Waals surface area contributed by atoms with Crippen molar-refractivity contribution in [2.75, 3.05) is 13.1 Å². The molecule has 18 heavy (non-hydrogen) atoms. The third kappa shape index (κ3) is 3.32. The maximum Gasteiger partial charge on any atom is 0.254 e. The standard InChI is InChI=1S/C12H14N2O3S/c1-3-9-14(4-2)12(15)10-5-7-11(8-6-10)18(13,16)17/h1,5-8H,4,9H2,2H3,(H2,13,16,17). The van der Waals surface area contributed by atoms with Gasteiger partial charge < -0.3 is 4.90 Å². The van der Waals surface area contributed by atoms with Gasteiger partial charge in [0.25, 0.3) is 5.91 Å². The smallest absolute Gasteiger partial charge is 0.254 e. The number of hydrogen-bond donors (Lipinski definition) is 1. The fourth-order valence-electron chi connectivity index (χ4n) is 1.41. The Morgan fingerprint density at radius 3 is 2.33 bits per heavy atom. The van der Waals surface area contributed by atoms with Crippen molar-refractivity contribution in [1.29, 1.82) is 0 Å². The second kappa shape index (κ2) is 5.67. The van der Waals surface area contributed by atoms with Gasteiger partial charge in [-0.25, -0.2) is 13.6 Å². The van der Waals surface area contributed by atoms with Gasteiger partial charge in [0.15, 0.2) is 0 Å². The summed E-state index contributed by atoms with van der Waals surface area (Å²) in [7, 11) is -3.74. The van der Waals surface area contributed by atoms with Crippen LogP contribution in [0.4, 0.5) is 0 Å². The van der Waals surface area contributed by atoms with E-state index in [-0.39, 0.29) is 17.3 Å². The first kappa shape index (κ1) is 14.2. The second-order valence-electron chi connectivity index (χ2n) is 3.59. The molecule has 0 radical (unpaired) electrons. The lowest BCUT2D eigenvalue weighted by atomic mass is 10.2. The highest BCUT2D eigenvalue weighted by atomic mass is 32.2. The average molecular weight is 266 g/mol. The van der Waals surface area contributed by atoms with E-state index in [0.717, 1.165) is 0 Å². The fraction of sp³-hybridized carbons (Fsp3) is 0.250. The zero-order chi connectivity index (χ0) is 13.8. The minimum absolute atomic E-state index is 0.0287. The van der Waals surface area contributed by atoms with Crippen LogP contribution in [0.1, 0.15) is 17.3 Å². The van der Waals surface area contributed by atoms with Crippen molar-refractivity contribution < 1.29 is 13.2 Å². The van der Waals surface area contributed by atoms with Crippen molar-refractivity contribution in [3.8, 4) is 12.3 Å². The summed E-state index contributed by atoms with van der Waals surface area (Å²) in [6, 6.07) is 5.43. The molecule has 0 saturated carbocycles. The Morgan fingerprint density at radius 2 is 1.94 bits per heavy atom. The molecule has 1 rings (SSSR count). The predicted octanol–water partition coefficient (Wildman–Crippen LogP) is 0.429. The molecule has 1 aromatic rings. The molecule has 6 heteroatoms. The van der Waals surface area contributed by atoms with Crippen LogP contribution in [0.5, 0.6) is 0 Å². The first-order valence-electron chi connectivity index (χ1n) is 5.25. The van der Waals surface area contributed by atoms with Crippen LogP contribution in [-0.4, -0.2) is 32.3 Å². The van der Waals surface area contributed by atoms with Crippen LogP contribution < -0.4 is 5.14 Å². The molecule has 0 saturated heterocycles. The number of benzene rings is 1. The van der Waals surface area contributed by atoms with Gasteiger partial charge in [-0.2, -0.15) is 0 Å². The maximum absolute atomic E-state index is 12.0. The van der Waals surface area contributed by atoms with E-state index in [4.69, 9.17) is 11.6 Å². The van der Waals surface area contributed by atoms with Gasteiger partial charge in [-0.3, -0.25) is 4.79 Å². The summed E-state index contributed by atoms with van der Waals surface area (Å²) < 4.78 is 22.1. The summed E-state index contributed by atoms with van der Waals surface area (Å²) >= 11 is 0. The molecule has 0 fully saturated rings. The molecule has 0 unspecified atom stereocenters. The molecule has 5 nitrogen and oxygen atoms in total. The van der Waals surface area contributed by atoms with E-state index in [1.54, 1.807) is 0 Å². The van der Waals surface area contributed by atoms with E-state index >= 15 is 0 Å². The number of terminal acetylenes is 1. The minimum atomic E-state index is -3.74. The van der Waals surface area contributed by atoms with Gasteiger partial charge in [0, 0.05) is 12.1 Å². The Hall–Kier alpha value is -1.84. The average Bonchev–Trinajstić information content (AvgIpc) is 2.34. The third-order valence-corrected chi connectivity index (χ3v) is 3.31. The highest BCUT2D eigenvalue weighted by Crippen LogP contribution is 2.10. The summed E-state index contributed by atoms with van der Waals surface area (Å²) in [6.07, 6.45) is 5.16. The number of hydrogen-bond acceptors (Lipinski definition) is 3. The summed E-state index contributed by atoms with van der Waals surface area (Å²) in [5.74, 6) is 2.15.